The van der Waals surface area contributed by atoms with Gasteiger partial charge in [-0.05, 0) is 48.6 Å². The number of allylic oxidation sites excluding steroid dienone is 1. The molecule has 23 heavy (non-hydrogen) atoms. The number of carbonyl (C=O) groups excluding carboxylic acids is 1. The highest BCUT2D eigenvalue weighted by Crippen LogP contribution is 2.25. The molecule has 0 aliphatic heterocycles. The zero-order valence-corrected chi connectivity index (χ0v) is 13.9. The highest BCUT2D eigenvalue weighted by molar-refractivity contribution is 6.07. The molecule has 4 nitrogen and oxygen atoms in total. The Hall–Kier alpha value is -2.75. The second-order valence-electron chi connectivity index (χ2n) is 5.25. The summed E-state index contributed by atoms with van der Waals surface area (Å²) in [5.41, 5.74) is 2.54. The Balaban J connectivity index is 2.17. The van der Waals surface area contributed by atoms with E-state index < -0.39 is 0 Å². The van der Waals surface area contributed by atoms with Crippen LogP contribution in [0.5, 0.6) is 11.5 Å². The molecule has 0 radical (unpaired) electrons. The fourth-order valence-electron chi connectivity index (χ4n) is 2.14. The van der Waals surface area contributed by atoms with Gasteiger partial charge in [-0.15, -0.1) is 0 Å². The zero-order chi connectivity index (χ0) is 16.8. The molecule has 0 aliphatic carbocycles. The molecule has 2 aromatic rings. The van der Waals surface area contributed by atoms with Gasteiger partial charge in [0.15, 0.2) is 5.78 Å². The van der Waals surface area contributed by atoms with E-state index in [1.807, 2.05) is 55.4 Å². The number of anilines is 1. The molecule has 0 amide bonds. The van der Waals surface area contributed by atoms with Crippen LogP contribution in [0.4, 0.5) is 5.69 Å². The van der Waals surface area contributed by atoms with Crippen LogP contribution >= 0.6 is 0 Å². The number of ether oxygens (including phenoxy) is 2. The summed E-state index contributed by atoms with van der Waals surface area (Å²) >= 11 is 0. The smallest absolute Gasteiger partial charge is 0.185 e. The zero-order valence-electron chi connectivity index (χ0n) is 13.9. The van der Waals surface area contributed by atoms with E-state index in [4.69, 9.17) is 9.47 Å². The SMILES string of the molecule is COc1ccc(C=CC(=O)c2ccc(N(C)C)cc2)c(OC)c1. The van der Waals surface area contributed by atoms with Crippen LogP contribution in [0.25, 0.3) is 6.08 Å². The van der Waals surface area contributed by atoms with E-state index in [1.54, 1.807) is 32.4 Å². The first kappa shape index (κ1) is 16.6. The minimum atomic E-state index is -0.0480. The van der Waals surface area contributed by atoms with Crippen molar-refractivity contribution in [1.29, 1.82) is 0 Å². The molecule has 2 aromatic carbocycles. The van der Waals surface area contributed by atoms with Crippen molar-refractivity contribution in [2.24, 2.45) is 0 Å². The van der Waals surface area contributed by atoms with Crippen molar-refractivity contribution in [3.63, 3.8) is 0 Å². The first-order chi connectivity index (χ1) is 11.0. The van der Waals surface area contributed by atoms with E-state index in [0.29, 0.717) is 17.1 Å². The van der Waals surface area contributed by atoms with Crippen molar-refractivity contribution in [3.8, 4) is 11.5 Å². The fourth-order valence-corrected chi connectivity index (χ4v) is 2.14. The van der Waals surface area contributed by atoms with Crippen molar-refractivity contribution in [3.05, 3.63) is 59.7 Å². The van der Waals surface area contributed by atoms with Crippen molar-refractivity contribution < 1.29 is 14.3 Å². The number of carbonyl (C=O) groups is 1. The number of benzene rings is 2. The minimum absolute atomic E-state index is 0.0480. The number of rotatable bonds is 6. The van der Waals surface area contributed by atoms with E-state index in [2.05, 4.69) is 0 Å². The summed E-state index contributed by atoms with van der Waals surface area (Å²) in [6.45, 7) is 0. The summed E-state index contributed by atoms with van der Waals surface area (Å²) in [4.78, 5) is 14.2. The Morgan fingerprint density at radius 3 is 2.26 bits per heavy atom. The average Bonchev–Trinajstić information content (AvgIpc) is 2.59. The van der Waals surface area contributed by atoms with Gasteiger partial charge in [0.2, 0.25) is 0 Å². The van der Waals surface area contributed by atoms with Gasteiger partial charge in [0.25, 0.3) is 0 Å². The maximum Gasteiger partial charge on any atom is 0.185 e. The van der Waals surface area contributed by atoms with Crippen LogP contribution in [0, 0.1) is 0 Å². The summed E-state index contributed by atoms with van der Waals surface area (Å²) in [6, 6.07) is 13.0. The van der Waals surface area contributed by atoms with Gasteiger partial charge in [0.1, 0.15) is 11.5 Å². The summed E-state index contributed by atoms with van der Waals surface area (Å²) in [5.74, 6) is 1.33. The molecule has 4 heteroatoms. The topological polar surface area (TPSA) is 38.8 Å². The van der Waals surface area contributed by atoms with Crippen LogP contribution in [-0.4, -0.2) is 34.1 Å². The van der Waals surface area contributed by atoms with E-state index >= 15 is 0 Å². The van der Waals surface area contributed by atoms with Crippen LogP contribution < -0.4 is 14.4 Å². The summed E-state index contributed by atoms with van der Waals surface area (Å²) in [5, 5.41) is 0. The Bertz CT molecular complexity index is 703. The van der Waals surface area contributed by atoms with Crippen LogP contribution in [0.1, 0.15) is 15.9 Å². The summed E-state index contributed by atoms with van der Waals surface area (Å²) in [7, 11) is 7.12. The molecular formula is C19H21NO3. The minimum Gasteiger partial charge on any atom is -0.497 e. The second-order valence-corrected chi connectivity index (χ2v) is 5.25. The normalized spacial score (nSPS) is 10.6. The predicted octanol–water partition coefficient (Wildman–Crippen LogP) is 3.67. The first-order valence-corrected chi connectivity index (χ1v) is 7.27. The van der Waals surface area contributed by atoms with Gasteiger partial charge in [-0.25, -0.2) is 0 Å². The van der Waals surface area contributed by atoms with Crippen molar-refractivity contribution in [2.45, 2.75) is 0 Å². The third-order valence-electron chi connectivity index (χ3n) is 3.52. The number of ketones is 1. The van der Waals surface area contributed by atoms with Gasteiger partial charge in [-0.2, -0.15) is 0 Å². The fraction of sp³-hybridized carbons (Fsp3) is 0.211. The monoisotopic (exact) mass is 311 g/mol. The van der Waals surface area contributed by atoms with Gasteiger partial charge >= 0.3 is 0 Å². The van der Waals surface area contributed by atoms with E-state index in [0.717, 1.165) is 11.3 Å². The van der Waals surface area contributed by atoms with Crippen LogP contribution in [0.2, 0.25) is 0 Å². The van der Waals surface area contributed by atoms with Crippen LogP contribution in [0.3, 0.4) is 0 Å². The predicted molar refractivity (Wildman–Crippen MR) is 93.7 cm³/mol. The molecule has 0 unspecified atom stereocenters. The maximum absolute atomic E-state index is 12.3. The molecule has 0 heterocycles. The lowest BCUT2D eigenvalue weighted by molar-refractivity contribution is 0.104. The van der Waals surface area contributed by atoms with Gasteiger partial charge in [0, 0.05) is 37.0 Å². The summed E-state index contributed by atoms with van der Waals surface area (Å²) in [6.07, 6.45) is 3.30. The average molecular weight is 311 g/mol. The van der Waals surface area contributed by atoms with Gasteiger partial charge in [0.05, 0.1) is 14.2 Å². The molecule has 0 fully saturated rings. The maximum atomic E-state index is 12.3. The largest absolute Gasteiger partial charge is 0.497 e. The van der Waals surface area contributed by atoms with Crippen molar-refractivity contribution in [1.82, 2.24) is 0 Å². The van der Waals surface area contributed by atoms with E-state index in [9.17, 15) is 4.79 Å². The lowest BCUT2D eigenvalue weighted by Crippen LogP contribution is -2.08. The quantitative estimate of drug-likeness (QED) is 0.603. The molecule has 0 saturated carbocycles. The Morgan fingerprint density at radius 2 is 1.70 bits per heavy atom. The number of hydrogen-bond donors (Lipinski definition) is 0. The van der Waals surface area contributed by atoms with Crippen molar-refractivity contribution >= 4 is 17.5 Å². The molecule has 0 atom stereocenters. The third-order valence-corrected chi connectivity index (χ3v) is 3.52. The van der Waals surface area contributed by atoms with E-state index in [-0.39, 0.29) is 5.78 Å². The highest BCUT2D eigenvalue weighted by atomic mass is 16.5. The molecule has 0 saturated heterocycles. The number of nitrogens with zero attached hydrogens (tertiary/aromatic N) is 1. The Labute approximate surface area is 137 Å². The molecule has 0 spiro atoms. The van der Waals surface area contributed by atoms with Gasteiger partial charge in [-0.1, -0.05) is 0 Å². The highest BCUT2D eigenvalue weighted by Gasteiger charge is 2.05. The number of hydrogen-bond acceptors (Lipinski definition) is 4. The molecule has 0 aliphatic rings. The molecule has 0 bridgehead atoms. The van der Waals surface area contributed by atoms with Crippen LogP contribution in [0.15, 0.2) is 48.5 Å². The van der Waals surface area contributed by atoms with Gasteiger partial charge in [-0.3, -0.25) is 4.79 Å². The standard InChI is InChI=1S/C19H21NO3/c1-20(2)16-9-5-14(6-10-16)18(21)12-8-15-7-11-17(22-3)13-19(15)23-4/h5-13H,1-4H3. The lowest BCUT2D eigenvalue weighted by atomic mass is 10.1. The molecule has 0 N–H and O–H groups in total. The lowest BCUT2D eigenvalue weighted by Gasteiger charge is -2.12. The molecule has 120 valence electrons. The second kappa shape index (κ2) is 7.49. The molecular weight excluding hydrogens is 290 g/mol. The van der Waals surface area contributed by atoms with Gasteiger partial charge < -0.3 is 14.4 Å². The molecule has 0 aromatic heterocycles. The summed E-state index contributed by atoms with van der Waals surface area (Å²) < 4.78 is 10.5. The third kappa shape index (κ3) is 4.13. The van der Waals surface area contributed by atoms with E-state index in [1.165, 1.54) is 0 Å². The van der Waals surface area contributed by atoms with Crippen LogP contribution in [-0.2, 0) is 0 Å². The first-order valence-electron chi connectivity index (χ1n) is 7.27. The Morgan fingerprint density at radius 1 is 1.00 bits per heavy atom. The molecule has 2 rings (SSSR count). The van der Waals surface area contributed by atoms with Crippen molar-refractivity contribution in [2.75, 3.05) is 33.2 Å². The number of methoxy groups -OCH3 is 2. The Kier molecular flexibility index (Phi) is 5.41.